The molecule has 0 aromatic heterocycles. The van der Waals surface area contributed by atoms with Crippen molar-refractivity contribution in [2.45, 2.75) is 25.7 Å². The van der Waals surface area contributed by atoms with Crippen LogP contribution in [0, 0.1) is 15.9 Å². The number of nitro groups is 1. The van der Waals surface area contributed by atoms with Gasteiger partial charge in [0.25, 0.3) is 11.6 Å². The van der Waals surface area contributed by atoms with Crippen LogP contribution in [0.1, 0.15) is 41.6 Å². The zero-order valence-electron chi connectivity index (χ0n) is 15.3. The number of halogens is 1. The number of carbonyl (C=O) groups is 1. The van der Waals surface area contributed by atoms with Crippen LogP contribution in [-0.2, 0) is 0 Å². The van der Waals surface area contributed by atoms with Gasteiger partial charge in [-0.2, -0.15) is 5.10 Å². The summed E-state index contributed by atoms with van der Waals surface area (Å²) in [6.07, 6.45) is 5.87. The molecule has 1 aliphatic heterocycles. The Hall–Kier alpha value is -3.29. The Balaban J connectivity index is 1.80. The van der Waals surface area contributed by atoms with Crippen molar-refractivity contribution in [3.63, 3.8) is 0 Å². The topological polar surface area (TPSA) is 87.8 Å². The Kier molecular flexibility index (Phi) is 6.31. The zero-order chi connectivity index (χ0) is 19.9. The van der Waals surface area contributed by atoms with Crippen molar-refractivity contribution in [3.05, 3.63) is 69.5 Å². The smallest absolute Gasteiger partial charge is 0.271 e. The van der Waals surface area contributed by atoms with E-state index in [1.165, 1.54) is 55.5 Å². The minimum atomic E-state index is -0.488. The van der Waals surface area contributed by atoms with E-state index < -0.39 is 16.6 Å². The summed E-state index contributed by atoms with van der Waals surface area (Å²) in [6, 6.07) is 9.76. The van der Waals surface area contributed by atoms with Crippen LogP contribution in [0.25, 0.3) is 0 Å². The molecule has 2 aromatic rings. The summed E-state index contributed by atoms with van der Waals surface area (Å²) in [4.78, 5) is 25.0. The monoisotopic (exact) mass is 384 g/mol. The van der Waals surface area contributed by atoms with Gasteiger partial charge < -0.3 is 4.90 Å². The van der Waals surface area contributed by atoms with Gasteiger partial charge in [-0.1, -0.05) is 12.8 Å². The van der Waals surface area contributed by atoms with E-state index in [1.54, 1.807) is 6.07 Å². The number of hydrogen-bond acceptors (Lipinski definition) is 5. The van der Waals surface area contributed by atoms with E-state index in [4.69, 9.17) is 0 Å². The van der Waals surface area contributed by atoms with Crippen LogP contribution in [0.5, 0.6) is 0 Å². The van der Waals surface area contributed by atoms with Crippen molar-refractivity contribution in [3.8, 4) is 0 Å². The number of carbonyl (C=O) groups excluding carboxylic acids is 1. The fourth-order valence-corrected chi connectivity index (χ4v) is 3.18. The quantitative estimate of drug-likeness (QED) is 0.481. The standard InChI is InChI=1S/C20H21FN4O3/c21-17-7-5-15(6-8-17)20(26)23-22-14-16-13-18(25(27)28)9-10-19(16)24-11-3-1-2-4-12-24/h5-10,13-14H,1-4,11-12H2,(H,23,26)/b22-14+. The summed E-state index contributed by atoms with van der Waals surface area (Å²) in [7, 11) is 0. The van der Waals surface area contributed by atoms with Crippen molar-refractivity contribution in [2.24, 2.45) is 5.10 Å². The Morgan fingerprint density at radius 3 is 2.43 bits per heavy atom. The third kappa shape index (κ3) is 4.91. The molecular weight excluding hydrogens is 363 g/mol. The van der Waals surface area contributed by atoms with Crippen LogP contribution in [0.15, 0.2) is 47.6 Å². The first kappa shape index (κ1) is 19.5. The van der Waals surface area contributed by atoms with Gasteiger partial charge in [0, 0.05) is 42.0 Å². The molecule has 1 saturated heterocycles. The third-order valence-corrected chi connectivity index (χ3v) is 4.64. The Bertz CT molecular complexity index is 876. The molecule has 0 unspecified atom stereocenters. The molecule has 0 aliphatic carbocycles. The van der Waals surface area contributed by atoms with Gasteiger partial charge in [-0.25, -0.2) is 9.82 Å². The van der Waals surface area contributed by atoms with Crippen molar-refractivity contribution in [2.75, 3.05) is 18.0 Å². The lowest BCUT2D eigenvalue weighted by Crippen LogP contribution is -2.25. The molecule has 1 N–H and O–H groups in total. The Morgan fingerprint density at radius 2 is 1.79 bits per heavy atom. The number of anilines is 1. The summed E-state index contributed by atoms with van der Waals surface area (Å²) < 4.78 is 13.0. The number of nitrogens with one attached hydrogen (secondary N) is 1. The zero-order valence-corrected chi connectivity index (χ0v) is 15.3. The fraction of sp³-hybridized carbons (Fsp3) is 0.300. The van der Waals surface area contributed by atoms with Crippen LogP contribution >= 0.6 is 0 Å². The highest BCUT2D eigenvalue weighted by molar-refractivity contribution is 5.95. The van der Waals surface area contributed by atoms with Gasteiger partial charge >= 0.3 is 0 Å². The predicted octanol–water partition coefficient (Wildman–Crippen LogP) is 3.88. The number of nitro benzene ring substituents is 1. The number of rotatable bonds is 5. The molecule has 7 nitrogen and oxygen atoms in total. The van der Waals surface area contributed by atoms with Crippen molar-refractivity contribution >= 4 is 23.5 Å². The first-order valence-corrected chi connectivity index (χ1v) is 9.17. The van der Waals surface area contributed by atoms with Crippen LogP contribution in [0.3, 0.4) is 0 Å². The lowest BCUT2D eigenvalue weighted by molar-refractivity contribution is -0.384. The van der Waals surface area contributed by atoms with Gasteiger partial charge in [-0.05, 0) is 43.2 Å². The maximum Gasteiger partial charge on any atom is 0.271 e. The molecule has 0 radical (unpaired) electrons. The second-order valence-electron chi connectivity index (χ2n) is 6.61. The molecule has 0 bridgehead atoms. The number of amides is 1. The molecule has 0 atom stereocenters. The van der Waals surface area contributed by atoms with Crippen LogP contribution in [-0.4, -0.2) is 30.1 Å². The first-order chi connectivity index (χ1) is 13.5. The van der Waals surface area contributed by atoms with E-state index in [-0.39, 0.29) is 11.3 Å². The summed E-state index contributed by atoms with van der Waals surface area (Å²) in [5.74, 6) is -0.920. The maximum atomic E-state index is 13.0. The van der Waals surface area contributed by atoms with Crippen LogP contribution in [0.2, 0.25) is 0 Å². The van der Waals surface area contributed by atoms with Crippen molar-refractivity contribution in [1.29, 1.82) is 0 Å². The lowest BCUT2D eigenvalue weighted by atomic mass is 10.1. The molecule has 1 aliphatic rings. The van der Waals surface area contributed by atoms with E-state index in [9.17, 15) is 19.3 Å². The first-order valence-electron chi connectivity index (χ1n) is 9.17. The Morgan fingerprint density at radius 1 is 1.11 bits per heavy atom. The van der Waals surface area contributed by atoms with Gasteiger partial charge in [0.1, 0.15) is 5.82 Å². The SMILES string of the molecule is O=C(N/N=C/c1cc([N+](=O)[O-])ccc1N1CCCCCC1)c1ccc(F)cc1. The third-order valence-electron chi connectivity index (χ3n) is 4.64. The van der Waals surface area contributed by atoms with E-state index >= 15 is 0 Å². The average Bonchev–Trinajstić information content (AvgIpc) is 2.97. The highest BCUT2D eigenvalue weighted by atomic mass is 19.1. The summed E-state index contributed by atoms with van der Waals surface area (Å²) in [5.41, 5.74) is 4.03. The fourth-order valence-electron chi connectivity index (χ4n) is 3.18. The summed E-state index contributed by atoms with van der Waals surface area (Å²) in [5, 5.41) is 15.1. The molecule has 146 valence electrons. The van der Waals surface area contributed by atoms with Crippen molar-refractivity contribution < 1.29 is 14.1 Å². The van der Waals surface area contributed by atoms with Gasteiger partial charge in [0.2, 0.25) is 0 Å². The van der Waals surface area contributed by atoms with E-state index in [0.717, 1.165) is 31.6 Å². The maximum absolute atomic E-state index is 13.0. The largest absolute Gasteiger partial charge is 0.371 e. The number of benzene rings is 2. The number of non-ortho nitro benzene ring substituents is 1. The van der Waals surface area contributed by atoms with Gasteiger partial charge in [0.15, 0.2) is 0 Å². The van der Waals surface area contributed by atoms with E-state index in [0.29, 0.717) is 5.56 Å². The molecule has 0 spiro atoms. The minimum absolute atomic E-state index is 0.0371. The number of nitrogens with zero attached hydrogens (tertiary/aromatic N) is 3. The summed E-state index contributed by atoms with van der Waals surface area (Å²) in [6.45, 7) is 1.75. The molecule has 0 saturated carbocycles. The molecule has 1 amide bonds. The molecule has 1 fully saturated rings. The molecule has 2 aromatic carbocycles. The van der Waals surface area contributed by atoms with E-state index in [2.05, 4.69) is 15.4 Å². The number of hydrazone groups is 1. The molecule has 28 heavy (non-hydrogen) atoms. The second-order valence-corrected chi connectivity index (χ2v) is 6.61. The van der Waals surface area contributed by atoms with E-state index in [1.807, 2.05) is 0 Å². The Labute approximate surface area is 162 Å². The lowest BCUT2D eigenvalue weighted by Gasteiger charge is -2.24. The van der Waals surface area contributed by atoms with Gasteiger partial charge in [-0.15, -0.1) is 0 Å². The number of hydrogen-bond donors (Lipinski definition) is 1. The van der Waals surface area contributed by atoms with Gasteiger partial charge in [-0.3, -0.25) is 14.9 Å². The molecule has 1 heterocycles. The normalized spacial score (nSPS) is 14.7. The van der Waals surface area contributed by atoms with Crippen molar-refractivity contribution in [1.82, 2.24) is 5.43 Å². The van der Waals surface area contributed by atoms with Crippen LogP contribution in [0.4, 0.5) is 15.8 Å². The molecule has 8 heteroatoms. The predicted molar refractivity (Wildman–Crippen MR) is 105 cm³/mol. The highest BCUT2D eigenvalue weighted by Gasteiger charge is 2.16. The minimum Gasteiger partial charge on any atom is -0.371 e. The molecular formula is C20H21FN4O3. The van der Waals surface area contributed by atoms with Crippen LogP contribution < -0.4 is 10.3 Å². The average molecular weight is 384 g/mol. The summed E-state index contributed by atoms with van der Waals surface area (Å²) >= 11 is 0. The van der Waals surface area contributed by atoms with Gasteiger partial charge in [0.05, 0.1) is 11.1 Å². The highest BCUT2D eigenvalue weighted by Crippen LogP contribution is 2.26. The molecule has 3 rings (SSSR count). The second kappa shape index (κ2) is 9.07.